The van der Waals surface area contributed by atoms with Crippen LogP contribution in [0.4, 0.5) is 0 Å². The van der Waals surface area contributed by atoms with Crippen LogP contribution in [0.15, 0.2) is 24.3 Å². The minimum Gasteiger partial charge on any atom is -0.465 e. The fraction of sp³-hybridized carbons (Fsp3) is 0.417. The molecule has 0 saturated carbocycles. The molecule has 74 valence electrons. The van der Waals surface area contributed by atoms with Crippen molar-refractivity contribution in [2.75, 3.05) is 6.61 Å². The van der Waals surface area contributed by atoms with Gasteiger partial charge in [0.1, 0.15) is 6.61 Å². The lowest BCUT2D eigenvalue weighted by Gasteiger charge is -2.23. The summed E-state index contributed by atoms with van der Waals surface area (Å²) in [5.41, 5.74) is 2.26. The first-order valence-electron chi connectivity index (χ1n) is 4.83. The van der Waals surface area contributed by atoms with Gasteiger partial charge in [0, 0.05) is 5.41 Å². The molecule has 0 spiro atoms. The number of fused-ring (bicyclic) bond motifs is 1. The first-order chi connectivity index (χ1) is 6.59. The van der Waals surface area contributed by atoms with Gasteiger partial charge in [-0.2, -0.15) is 0 Å². The Kier molecular flexibility index (Phi) is 2.06. The SMILES string of the molecule is CC1(C)COC(=O)Cc2ccccc21. The smallest absolute Gasteiger partial charge is 0.310 e. The normalized spacial score (nSPS) is 19.4. The van der Waals surface area contributed by atoms with Crippen molar-refractivity contribution < 1.29 is 9.53 Å². The van der Waals surface area contributed by atoms with E-state index in [1.54, 1.807) is 0 Å². The average Bonchev–Trinajstić information content (AvgIpc) is 2.25. The van der Waals surface area contributed by atoms with Crippen LogP contribution in [0, 0.1) is 0 Å². The predicted octanol–water partition coefficient (Wildman–Crippen LogP) is 2.06. The molecule has 0 N–H and O–H groups in total. The quantitative estimate of drug-likeness (QED) is 0.585. The summed E-state index contributed by atoms with van der Waals surface area (Å²) in [6, 6.07) is 8.06. The number of ether oxygens (including phenoxy) is 1. The molecular weight excluding hydrogens is 176 g/mol. The van der Waals surface area contributed by atoms with E-state index in [2.05, 4.69) is 19.9 Å². The molecule has 0 aliphatic carbocycles. The van der Waals surface area contributed by atoms with Gasteiger partial charge in [-0.05, 0) is 11.1 Å². The van der Waals surface area contributed by atoms with Gasteiger partial charge in [0.05, 0.1) is 6.42 Å². The number of carbonyl (C=O) groups excluding carboxylic acids is 1. The summed E-state index contributed by atoms with van der Waals surface area (Å²) in [4.78, 5) is 11.3. The Morgan fingerprint density at radius 1 is 1.29 bits per heavy atom. The zero-order chi connectivity index (χ0) is 10.2. The highest BCUT2D eigenvalue weighted by atomic mass is 16.5. The van der Waals surface area contributed by atoms with E-state index in [0.29, 0.717) is 13.0 Å². The second kappa shape index (κ2) is 3.12. The van der Waals surface area contributed by atoms with Crippen LogP contribution in [0.5, 0.6) is 0 Å². The Morgan fingerprint density at radius 3 is 2.79 bits per heavy atom. The molecule has 1 heterocycles. The zero-order valence-corrected chi connectivity index (χ0v) is 8.54. The molecule has 2 nitrogen and oxygen atoms in total. The summed E-state index contributed by atoms with van der Waals surface area (Å²) in [7, 11) is 0. The van der Waals surface area contributed by atoms with Crippen molar-refractivity contribution in [3.63, 3.8) is 0 Å². The highest BCUT2D eigenvalue weighted by Gasteiger charge is 2.29. The second-order valence-electron chi connectivity index (χ2n) is 4.38. The van der Waals surface area contributed by atoms with E-state index in [4.69, 9.17) is 4.74 Å². The molecule has 0 fully saturated rings. The topological polar surface area (TPSA) is 26.3 Å². The Hall–Kier alpha value is -1.31. The molecule has 0 saturated heterocycles. The molecule has 1 aromatic rings. The maximum atomic E-state index is 11.3. The van der Waals surface area contributed by atoms with Crippen LogP contribution >= 0.6 is 0 Å². The molecule has 1 aliphatic heterocycles. The van der Waals surface area contributed by atoms with Crippen molar-refractivity contribution in [2.24, 2.45) is 0 Å². The second-order valence-corrected chi connectivity index (χ2v) is 4.38. The predicted molar refractivity (Wildman–Crippen MR) is 54.1 cm³/mol. The Labute approximate surface area is 83.9 Å². The third-order valence-corrected chi connectivity index (χ3v) is 2.68. The fourth-order valence-corrected chi connectivity index (χ4v) is 1.88. The summed E-state index contributed by atoms with van der Waals surface area (Å²) >= 11 is 0. The lowest BCUT2D eigenvalue weighted by molar-refractivity contribution is -0.143. The van der Waals surface area contributed by atoms with Gasteiger partial charge in [-0.15, -0.1) is 0 Å². The summed E-state index contributed by atoms with van der Waals surface area (Å²) in [5.74, 6) is -0.122. The molecule has 1 aliphatic rings. The van der Waals surface area contributed by atoms with Crippen molar-refractivity contribution in [3.05, 3.63) is 35.4 Å². The first-order valence-corrected chi connectivity index (χ1v) is 4.83. The molecular formula is C12H14O2. The van der Waals surface area contributed by atoms with Gasteiger partial charge >= 0.3 is 5.97 Å². The number of benzene rings is 1. The molecule has 0 aromatic heterocycles. The minimum absolute atomic E-state index is 0.0667. The largest absolute Gasteiger partial charge is 0.465 e. The minimum atomic E-state index is -0.122. The Morgan fingerprint density at radius 2 is 2.00 bits per heavy atom. The zero-order valence-electron chi connectivity index (χ0n) is 8.54. The van der Waals surface area contributed by atoms with E-state index in [1.807, 2.05) is 18.2 Å². The molecule has 0 unspecified atom stereocenters. The van der Waals surface area contributed by atoms with Crippen LogP contribution < -0.4 is 0 Å². The molecule has 14 heavy (non-hydrogen) atoms. The van der Waals surface area contributed by atoms with Gasteiger partial charge in [-0.1, -0.05) is 38.1 Å². The number of cyclic esters (lactones) is 1. The van der Waals surface area contributed by atoms with E-state index >= 15 is 0 Å². The van der Waals surface area contributed by atoms with Crippen LogP contribution in [0.3, 0.4) is 0 Å². The highest BCUT2D eigenvalue weighted by molar-refractivity contribution is 5.74. The third kappa shape index (κ3) is 1.52. The molecule has 2 rings (SSSR count). The molecule has 2 heteroatoms. The summed E-state index contributed by atoms with van der Waals surface area (Å²) in [6.45, 7) is 4.68. The molecule has 0 radical (unpaired) electrons. The lowest BCUT2D eigenvalue weighted by Crippen LogP contribution is -2.23. The van der Waals surface area contributed by atoms with Gasteiger partial charge in [0.25, 0.3) is 0 Å². The van der Waals surface area contributed by atoms with E-state index in [-0.39, 0.29) is 11.4 Å². The number of hydrogen-bond acceptors (Lipinski definition) is 2. The van der Waals surface area contributed by atoms with Crippen molar-refractivity contribution in [2.45, 2.75) is 25.7 Å². The Balaban J connectivity index is 2.52. The first kappa shape index (κ1) is 9.25. The number of esters is 1. The maximum absolute atomic E-state index is 11.3. The molecule has 1 aromatic carbocycles. The van der Waals surface area contributed by atoms with E-state index in [0.717, 1.165) is 5.56 Å². The van der Waals surface area contributed by atoms with Crippen LogP contribution in [-0.4, -0.2) is 12.6 Å². The van der Waals surface area contributed by atoms with E-state index in [9.17, 15) is 4.79 Å². The van der Waals surface area contributed by atoms with E-state index in [1.165, 1.54) is 5.56 Å². The van der Waals surface area contributed by atoms with Crippen LogP contribution in [0.2, 0.25) is 0 Å². The van der Waals surface area contributed by atoms with Gasteiger partial charge in [-0.25, -0.2) is 0 Å². The summed E-state index contributed by atoms with van der Waals surface area (Å²) in [6.07, 6.45) is 0.402. The number of rotatable bonds is 0. The maximum Gasteiger partial charge on any atom is 0.310 e. The van der Waals surface area contributed by atoms with Crippen molar-refractivity contribution in [1.29, 1.82) is 0 Å². The number of hydrogen-bond donors (Lipinski definition) is 0. The highest BCUT2D eigenvalue weighted by Crippen LogP contribution is 2.29. The van der Waals surface area contributed by atoms with Crippen molar-refractivity contribution in [3.8, 4) is 0 Å². The average molecular weight is 190 g/mol. The number of carbonyl (C=O) groups is 1. The summed E-state index contributed by atoms with van der Waals surface area (Å²) < 4.78 is 5.16. The van der Waals surface area contributed by atoms with Crippen LogP contribution in [0.25, 0.3) is 0 Å². The van der Waals surface area contributed by atoms with Gasteiger partial charge < -0.3 is 4.74 Å². The van der Waals surface area contributed by atoms with Gasteiger partial charge in [0.2, 0.25) is 0 Å². The molecule has 0 atom stereocenters. The molecule has 0 bridgehead atoms. The van der Waals surface area contributed by atoms with E-state index < -0.39 is 0 Å². The standard InChI is InChI=1S/C12H14O2/c1-12(2)8-14-11(13)7-9-5-3-4-6-10(9)12/h3-6H,7-8H2,1-2H3. The fourth-order valence-electron chi connectivity index (χ4n) is 1.88. The van der Waals surface area contributed by atoms with Gasteiger partial charge in [0.15, 0.2) is 0 Å². The molecule has 0 amide bonds. The Bertz CT molecular complexity index is 366. The van der Waals surface area contributed by atoms with Crippen molar-refractivity contribution in [1.82, 2.24) is 0 Å². The van der Waals surface area contributed by atoms with Gasteiger partial charge in [-0.3, -0.25) is 4.79 Å². The van der Waals surface area contributed by atoms with Crippen LogP contribution in [-0.2, 0) is 21.4 Å². The third-order valence-electron chi connectivity index (χ3n) is 2.68. The lowest BCUT2D eigenvalue weighted by atomic mass is 9.82. The monoisotopic (exact) mass is 190 g/mol. The van der Waals surface area contributed by atoms with Crippen molar-refractivity contribution >= 4 is 5.97 Å². The van der Waals surface area contributed by atoms with Crippen LogP contribution in [0.1, 0.15) is 25.0 Å². The summed E-state index contributed by atoms with van der Waals surface area (Å²) in [5, 5.41) is 0.